The average Bonchev–Trinajstić information content (AvgIpc) is 3.19. The van der Waals surface area contributed by atoms with Crippen LogP contribution in [0.2, 0.25) is 18.1 Å². The van der Waals surface area contributed by atoms with Crippen molar-refractivity contribution in [2.45, 2.75) is 67.2 Å². The van der Waals surface area contributed by atoms with Crippen LogP contribution in [0.3, 0.4) is 0 Å². The zero-order chi connectivity index (χ0) is 27.5. The van der Waals surface area contributed by atoms with E-state index in [2.05, 4.69) is 45.8 Å². The standard InChI is InChI=1S/C23H33NO3SSi.C2HF3O2/c1-23(2,3)29(5,6)27-20-9-13-22(14-10-20)28(25,26)21-11-7-18(8-12-21)19-15-16-24(4)17-19;3-2(4,5)1(6)7/h7-14,19H,15-17H2,1-6H3;(H,6,7)/t19-;/m1./s1. The molecule has 0 bridgehead atoms. The lowest BCUT2D eigenvalue weighted by Gasteiger charge is -2.36. The third kappa shape index (κ3) is 7.56. The largest absolute Gasteiger partial charge is 0.544 e. The smallest absolute Gasteiger partial charge is 0.490 e. The van der Waals surface area contributed by atoms with Crippen molar-refractivity contribution in [2.75, 3.05) is 20.1 Å². The van der Waals surface area contributed by atoms with Gasteiger partial charge in [0.05, 0.1) is 9.79 Å². The zero-order valence-electron chi connectivity index (χ0n) is 21.4. The molecule has 1 atom stereocenters. The van der Waals surface area contributed by atoms with Crippen LogP contribution < -0.4 is 4.43 Å². The van der Waals surface area contributed by atoms with Crippen LogP contribution in [0.25, 0.3) is 0 Å². The number of aliphatic carboxylic acids is 1. The van der Waals surface area contributed by atoms with Crippen molar-refractivity contribution in [3.8, 4) is 5.75 Å². The van der Waals surface area contributed by atoms with E-state index in [4.69, 9.17) is 14.3 Å². The third-order valence-corrected chi connectivity index (χ3v) is 12.8. The summed E-state index contributed by atoms with van der Waals surface area (Å²) in [4.78, 5) is 11.8. The first-order chi connectivity index (χ1) is 16.3. The van der Waals surface area contributed by atoms with Crippen LogP contribution in [0.5, 0.6) is 5.75 Å². The molecule has 0 spiro atoms. The fourth-order valence-electron chi connectivity index (χ4n) is 3.40. The number of carboxylic acids is 1. The van der Waals surface area contributed by atoms with Crippen LogP contribution in [0.15, 0.2) is 58.3 Å². The van der Waals surface area contributed by atoms with Gasteiger partial charge in [-0.25, -0.2) is 13.2 Å². The second-order valence-corrected chi connectivity index (χ2v) is 17.1. The first kappa shape index (κ1) is 29.9. The topological polar surface area (TPSA) is 83.9 Å². The second kappa shape index (κ2) is 10.9. The van der Waals surface area contributed by atoms with Gasteiger partial charge in [-0.15, -0.1) is 0 Å². The Hall–Kier alpha value is -2.37. The lowest BCUT2D eigenvalue weighted by molar-refractivity contribution is -0.192. The molecular weight excluding hydrogens is 511 g/mol. The summed E-state index contributed by atoms with van der Waals surface area (Å²) in [7, 11) is -3.36. The number of likely N-dealkylation sites (tertiary alicyclic amines) is 1. The number of rotatable bonds is 5. The normalized spacial score (nSPS) is 17.3. The molecule has 0 aliphatic carbocycles. The molecule has 1 N–H and O–H groups in total. The summed E-state index contributed by atoms with van der Waals surface area (Å²) in [6, 6.07) is 14.3. The lowest BCUT2D eigenvalue weighted by Crippen LogP contribution is -2.43. The molecule has 1 heterocycles. The van der Waals surface area contributed by atoms with E-state index in [1.165, 1.54) is 5.56 Å². The summed E-state index contributed by atoms with van der Waals surface area (Å²) in [6.45, 7) is 13.0. The van der Waals surface area contributed by atoms with Crippen molar-refractivity contribution < 1.29 is 35.9 Å². The Kier molecular flexibility index (Phi) is 9.07. The van der Waals surface area contributed by atoms with E-state index in [1.807, 2.05) is 12.1 Å². The second-order valence-electron chi connectivity index (χ2n) is 10.5. The molecule has 3 rings (SSSR count). The zero-order valence-corrected chi connectivity index (χ0v) is 23.2. The van der Waals surface area contributed by atoms with Crippen molar-refractivity contribution in [1.82, 2.24) is 4.90 Å². The molecule has 0 amide bonds. The minimum atomic E-state index is -5.08. The van der Waals surface area contributed by atoms with Gasteiger partial charge in [0, 0.05) is 6.54 Å². The van der Waals surface area contributed by atoms with E-state index in [-0.39, 0.29) is 5.04 Å². The summed E-state index contributed by atoms with van der Waals surface area (Å²) < 4.78 is 64.1. The van der Waals surface area contributed by atoms with Gasteiger partial charge >= 0.3 is 12.1 Å². The van der Waals surface area contributed by atoms with Crippen molar-refractivity contribution in [3.63, 3.8) is 0 Å². The van der Waals surface area contributed by atoms with Crippen LogP contribution in [-0.2, 0) is 14.6 Å². The number of alkyl halides is 3. The highest BCUT2D eigenvalue weighted by Gasteiger charge is 2.39. The maximum atomic E-state index is 13.0. The van der Waals surface area contributed by atoms with Crippen molar-refractivity contribution in [1.29, 1.82) is 0 Å². The first-order valence-corrected chi connectivity index (χ1v) is 15.9. The number of nitrogens with zero attached hydrogens (tertiary/aromatic N) is 1. The maximum absolute atomic E-state index is 13.0. The molecule has 11 heteroatoms. The van der Waals surface area contributed by atoms with E-state index in [0.29, 0.717) is 15.7 Å². The molecule has 200 valence electrons. The molecule has 2 aromatic rings. The SMILES string of the molecule is CN1CC[C@@H](c2ccc(S(=O)(=O)c3ccc(O[Si](C)(C)C(C)(C)C)cc3)cc2)C1.O=C(O)C(F)(F)F. The highest BCUT2D eigenvalue weighted by molar-refractivity contribution is 7.91. The molecule has 1 aliphatic heterocycles. The number of hydrogen-bond donors (Lipinski definition) is 1. The van der Waals surface area contributed by atoms with Crippen molar-refractivity contribution in [3.05, 3.63) is 54.1 Å². The number of benzene rings is 2. The summed E-state index contributed by atoms with van der Waals surface area (Å²) >= 11 is 0. The summed E-state index contributed by atoms with van der Waals surface area (Å²) in [6.07, 6.45) is -3.96. The number of hydrogen-bond acceptors (Lipinski definition) is 5. The molecule has 36 heavy (non-hydrogen) atoms. The van der Waals surface area contributed by atoms with Gasteiger partial charge in [0.1, 0.15) is 5.75 Å². The van der Waals surface area contributed by atoms with E-state index in [9.17, 15) is 21.6 Å². The molecule has 1 aliphatic rings. The lowest BCUT2D eigenvalue weighted by atomic mass is 9.99. The highest BCUT2D eigenvalue weighted by Crippen LogP contribution is 2.37. The van der Waals surface area contributed by atoms with E-state index >= 15 is 0 Å². The van der Waals surface area contributed by atoms with E-state index < -0.39 is 30.3 Å². The highest BCUT2D eigenvalue weighted by atomic mass is 32.2. The van der Waals surface area contributed by atoms with Crippen LogP contribution in [0, 0.1) is 0 Å². The van der Waals surface area contributed by atoms with Gasteiger partial charge in [-0.05, 0) is 86.0 Å². The predicted octanol–water partition coefficient (Wildman–Crippen LogP) is 5.96. The van der Waals surface area contributed by atoms with Crippen LogP contribution in [0.4, 0.5) is 13.2 Å². The molecule has 0 aromatic heterocycles. The van der Waals surface area contributed by atoms with Crippen LogP contribution in [0.1, 0.15) is 38.7 Å². The van der Waals surface area contributed by atoms with Gasteiger partial charge in [-0.3, -0.25) is 0 Å². The van der Waals surface area contributed by atoms with Crippen LogP contribution in [-0.4, -0.2) is 59.0 Å². The molecule has 6 nitrogen and oxygen atoms in total. The quantitative estimate of drug-likeness (QED) is 0.467. The predicted molar refractivity (Wildman–Crippen MR) is 135 cm³/mol. The average molecular weight is 546 g/mol. The van der Waals surface area contributed by atoms with Gasteiger partial charge in [0.25, 0.3) is 0 Å². The van der Waals surface area contributed by atoms with E-state index in [0.717, 1.165) is 25.3 Å². The summed E-state index contributed by atoms with van der Waals surface area (Å²) in [5.74, 6) is -1.53. The maximum Gasteiger partial charge on any atom is 0.490 e. The fourth-order valence-corrected chi connectivity index (χ4v) is 5.69. The first-order valence-electron chi connectivity index (χ1n) is 11.5. The molecule has 2 aromatic carbocycles. The minimum Gasteiger partial charge on any atom is -0.544 e. The van der Waals surface area contributed by atoms with E-state index in [1.54, 1.807) is 36.4 Å². The summed E-state index contributed by atoms with van der Waals surface area (Å²) in [5.41, 5.74) is 1.21. The molecule has 1 saturated heterocycles. The molecule has 0 radical (unpaired) electrons. The Morgan fingerprint density at radius 3 is 1.81 bits per heavy atom. The Balaban J connectivity index is 0.000000572. The summed E-state index contributed by atoms with van der Waals surface area (Å²) in [5, 5.41) is 7.22. The minimum absolute atomic E-state index is 0.0909. The molecule has 0 saturated carbocycles. The Morgan fingerprint density at radius 1 is 1.00 bits per heavy atom. The van der Waals surface area contributed by atoms with Gasteiger partial charge in [-0.2, -0.15) is 13.2 Å². The molecule has 0 unspecified atom stereocenters. The van der Waals surface area contributed by atoms with Gasteiger partial charge in [0.15, 0.2) is 0 Å². The number of carbonyl (C=O) groups is 1. The monoisotopic (exact) mass is 545 g/mol. The van der Waals surface area contributed by atoms with Crippen molar-refractivity contribution in [2.24, 2.45) is 0 Å². The molecule has 1 fully saturated rings. The number of sulfone groups is 1. The Labute approximate surface area is 212 Å². The van der Waals surface area contributed by atoms with Gasteiger partial charge in [-0.1, -0.05) is 32.9 Å². The molecular formula is C25H34F3NO5SSi. The Bertz CT molecular complexity index is 1140. The number of carboxylic acid groups (broad SMARTS) is 1. The van der Waals surface area contributed by atoms with Crippen LogP contribution >= 0.6 is 0 Å². The van der Waals surface area contributed by atoms with Gasteiger partial charge < -0.3 is 14.4 Å². The third-order valence-electron chi connectivity index (χ3n) is 6.61. The fraction of sp³-hybridized carbons (Fsp3) is 0.480. The van der Waals surface area contributed by atoms with Gasteiger partial charge in [0.2, 0.25) is 18.2 Å². The number of halogens is 3. The number of likely N-dealkylation sites (N-methyl/N-ethyl adjacent to an activating group) is 1. The Morgan fingerprint density at radius 2 is 1.44 bits per heavy atom. The van der Waals surface area contributed by atoms with Crippen molar-refractivity contribution >= 4 is 24.1 Å².